The molecule has 1 atom stereocenters. The van der Waals surface area contributed by atoms with Crippen molar-refractivity contribution >= 4 is 6.03 Å². The fourth-order valence-corrected chi connectivity index (χ4v) is 2.21. The van der Waals surface area contributed by atoms with Gasteiger partial charge in [-0.05, 0) is 31.5 Å². The molecule has 0 saturated carbocycles. The minimum Gasteiger partial charge on any atom is -0.497 e. The van der Waals surface area contributed by atoms with Crippen LogP contribution in [-0.4, -0.2) is 32.8 Å². The quantitative estimate of drug-likeness (QED) is 0.853. The molecule has 0 saturated heterocycles. The number of hydrogen-bond donors (Lipinski definition) is 2. The summed E-state index contributed by atoms with van der Waals surface area (Å²) in [6.45, 7) is 3.83. The molecule has 5 nitrogen and oxygen atoms in total. The van der Waals surface area contributed by atoms with Crippen LogP contribution in [0.4, 0.5) is 4.79 Å². The lowest BCUT2D eigenvalue weighted by Crippen LogP contribution is -2.36. The Hall–Kier alpha value is -1.91. The third-order valence-electron chi connectivity index (χ3n) is 3.21. The van der Waals surface area contributed by atoms with Crippen LogP contribution in [0.15, 0.2) is 18.2 Å². The minimum absolute atomic E-state index is 0.118. The number of carbonyl (C=O) groups excluding carboxylic acids is 1. The third-order valence-corrected chi connectivity index (χ3v) is 3.21. The number of urea groups is 1. The maximum Gasteiger partial charge on any atom is 0.314 e. The molecule has 1 unspecified atom stereocenters. The zero-order valence-corrected chi connectivity index (χ0v) is 11.4. The van der Waals surface area contributed by atoms with E-state index in [0.29, 0.717) is 25.6 Å². The van der Waals surface area contributed by atoms with Gasteiger partial charge >= 0.3 is 6.03 Å². The summed E-state index contributed by atoms with van der Waals surface area (Å²) in [4.78, 5) is 11.3. The normalized spacial score (nSPS) is 16.4. The maximum atomic E-state index is 11.3. The SMILES string of the molecule is CCNC(=O)NCCC1COc2ccc(OC)cc21. The van der Waals surface area contributed by atoms with E-state index in [1.165, 1.54) is 0 Å². The number of benzene rings is 1. The van der Waals surface area contributed by atoms with E-state index in [2.05, 4.69) is 10.6 Å². The van der Waals surface area contributed by atoms with E-state index in [1.807, 2.05) is 25.1 Å². The first-order chi connectivity index (χ1) is 9.24. The summed E-state index contributed by atoms with van der Waals surface area (Å²) in [7, 11) is 1.66. The highest BCUT2D eigenvalue weighted by Gasteiger charge is 2.24. The molecular weight excluding hydrogens is 244 g/mol. The minimum atomic E-state index is -0.118. The van der Waals surface area contributed by atoms with E-state index in [-0.39, 0.29) is 6.03 Å². The van der Waals surface area contributed by atoms with Gasteiger partial charge in [-0.1, -0.05) is 0 Å². The molecule has 0 aliphatic carbocycles. The van der Waals surface area contributed by atoms with Crippen LogP contribution >= 0.6 is 0 Å². The highest BCUT2D eigenvalue weighted by molar-refractivity contribution is 5.73. The van der Waals surface area contributed by atoms with Gasteiger partial charge in [-0.15, -0.1) is 0 Å². The van der Waals surface area contributed by atoms with Crippen LogP contribution in [0.3, 0.4) is 0 Å². The molecular formula is C14H20N2O3. The fraction of sp³-hybridized carbons (Fsp3) is 0.500. The Morgan fingerprint density at radius 1 is 1.47 bits per heavy atom. The molecule has 2 amide bonds. The van der Waals surface area contributed by atoms with E-state index in [4.69, 9.17) is 9.47 Å². The van der Waals surface area contributed by atoms with Gasteiger partial charge in [-0.3, -0.25) is 0 Å². The lowest BCUT2D eigenvalue weighted by atomic mass is 9.98. The van der Waals surface area contributed by atoms with Gasteiger partial charge < -0.3 is 20.1 Å². The van der Waals surface area contributed by atoms with Gasteiger partial charge in [0.25, 0.3) is 0 Å². The van der Waals surface area contributed by atoms with Crippen molar-refractivity contribution in [2.45, 2.75) is 19.3 Å². The van der Waals surface area contributed by atoms with Crippen molar-refractivity contribution in [3.05, 3.63) is 23.8 Å². The first-order valence-corrected chi connectivity index (χ1v) is 6.57. The first-order valence-electron chi connectivity index (χ1n) is 6.57. The number of nitrogens with one attached hydrogen (secondary N) is 2. The second-order valence-corrected chi connectivity index (χ2v) is 4.49. The number of fused-ring (bicyclic) bond motifs is 1. The van der Waals surface area contributed by atoms with Crippen LogP contribution in [0.2, 0.25) is 0 Å². The summed E-state index contributed by atoms with van der Waals surface area (Å²) in [5, 5.41) is 5.54. The fourth-order valence-electron chi connectivity index (χ4n) is 2.21. The van der Waals surface area contributed by atoms with Gasteiger partial charge in [0.15, 0.2) is 0 Å². The smallest absolute Gasteiger partial charge is 0.314 e. The van der Waals surface area contributed by atoms with Crippen LogP contribution in [0.5, 0.6) is 11.5 Å². The van der Waals surface area contributed by atoms with Crippen LogP contribution in [0, 0.1) is 0 Å². The van der Waals surface area contributed by atoms with E-state index in [9.17, 15) is 4.79 Å². The number of rotatable bonds is 5. The molecule has 0 spiro atoms. The van der Waals surface area contributed by atoms with Crippen LogP contribution < -0.4 is 20.1 Å². The first kappa shape index (κ1) is 13.5. The third kappa shape index (κ3) is 3.30. The maximum absolute atomic E-state index is 11.3. The number of methoxy groups -OCH3 is 1. The Kier molecular flexibility index (Phi) is 4.49. The number of hydrogen-bond acceptors (Lipinski definition) is 3. The summed E-state index contributed by atoms with van der Waals surface area (Å²) in [6.07, 6.45) is 0.858. The Bertz CT molecular complexity index is 448. The van der Waals surface area contributed by atoms with Crippen molar-refractivity contribution in [2.24, 2.45) is 0 Å². The predicted molar refractivity (Wildman–Crippen MR) is 72.9 cm³/mol. The molecule has 104 valence electrons. The zero-order valence-electron chi connectivity index (χ0n) is 11.4. The second-order valence-electron chi connectivity index (χ2n) is 4.49. The summed E-state index contributed by atoms with van der Waals surface area (Å²) in [6, 6.07) is 5.73. The summed E-state index contributed by atoms with van der Waals surface area (Å²) < 4.78 is 10.9. The molecule has 1 aromatic carbocycles. The van der Waals surface area contributed by atoms with Gasteiger partial charge in [0.2, 0.25) is 0 Å². The van der Waals surface area contributed by atoms with Crippen molar-refractivity contribution in [1.82, 2.24) is 10.6 Å². The molecule has 5 heteroatoms. The predicted octanol–water partition coefficient (Wildman–Crippen LogP) is 1.88. The average molecular weight is 264 g/mol. The molecule has 0 fully saturated rings. The Morgan fingerprint density at radius 2 is 2.32 bits per heavy atom. The summed E-state index contributed by atoms with van der Waals surface area (Å²) in [5.74, 6) is 2.07. The number of amides is 2. The summed E-state index contributed by atoms with van der Waals surface area (Å²) in [5.41, 5.74) is 1.16. The van der Waals surface area contributed by atoms with E-state index in [0.717, 1.165) is 23.5 Å². The lowest BCUT2D eigenvalue weighted by molar-refractivity contribution is 0.240. The van der Waals surface area contributed by atoms with E-state index < -0.39 is 0 Å². The van der Waals surface area contributed by atoms with E-state index >= 15 is 0 Å². The molecule has 1 heterocycles. The Labute approximate surface area is 113 Å². The topological polar surface area (TPSA) is 59.6 Å². The van der Waals surface area contributed by atoms with Crippen molar-refractivity contribution in [1.29, 1.82) is 0 Å². The highest BCUT2D eigenvalue weighted by atomic mass is 16.5. The van der Waals surface area contributed by atoms with Gasteiger partial charge in [0.1, 0.15) is 11.5 Å². The van der Waals surface area contributed by atoms with Gasteiger partial charge in [0.05, 0.1) is 13.7 Å². The molecule has 2 N–H and O–H groups in total. The molecule has 19 heavy (non-hydrogen) atoms. The zero-order chi connectivity index (χ0) is 13.7. The van der Waals surface area contributed by atoms with E-state index in [1.54, 1.807) is 7.11 Å². The second kappa shape index (κ2) is 6.31. The molecule has 0 bridgehead atoms. The van der Waals surface area contributed by atoms with Crippen LogP contribution in [-0.2, 0) is 0 Å². The average Bonchev–Trinajstić information content (AvgIpc) is 2.81. The molecule has 1 aliphatic heterocycles. The number of carbonyl (C=O) groups is 1. The monoisotopic (exact) mass is 264 g/mol. The van der Waals surface area contributed by atoms with Crippen molar-refractivity contribution in [3.63, 3.8) is 0 Å². The van der Waals surface area contributed by atoms with Crippen LogP contribution in [0.1, 0.15) is 24.8 Å². The van der Waals surface area contributed by atoms with Gasteiger partial charge in [-0.2, -0.15) is 0 Å². The summed E-state index contributed by atoms with van der Waals surface area (Å²) >= 11 is 0. The van der Waals surface area contributed by atoms with Crippen molar-refractivity contribution < 1.29 is 14.3 Å². The highest BCUT2D eigenvalue weighted by Crippen LogP contribution is 2.37. The molecule has 2 rings (SSSR count). The lowest BCUT2D eigenvalue weighted by Gasteiger charge is -2.11. The van der Waals surface area contributed by atoms with Crippen molar-refractivity contribution in [2.75, 3.05) is 26.8 Å². The number of ether oxygens (including phenoxy) is 2. The molecule has 1 aliphatic rings. The molecule has 0 aromatic heterocycles. The molecule has 0 radical (unpaired) electrons. The Morgan fingerprint density at radius 3 is 3.05 bits per heavy atom. The Balaban J connectivity index is 1.89. The van der Waals surface area contributed by atoms with Crippen molar-refractivity contribution in [3.8, 4) is 11.5 Å². The molecule has 1 aromatic rings. The van der Waals surface area contributed by atoms with Gasteiger partial charge in [-0.25, -0.2) is 4.79 Å². The largest absolute Gasteiger partial charge is 0.497 e. The van der Waals surface area contributed by atoms with Crippen LogP contribution in [0.25, 0.3) is 0 Å². The van der Waals surface area contributed by atoms with Gasteiger partial charge in [0, 0.05) is 24.6 Å². The standard InChI is InChI=1S/C14H20N2O3/c1-3-15-14(17)16-7-6-10-9-19-13-5-4-11(18-2)8-12(10)13/h4-5,8,10H,3,6-7,9H2,1-2H3,(H2,15,16,17).